The maximum atomic E-state index is 11.7. The number of hydrogen-bond acceptors (Lipinski definition) is 4. The summed E-state index contributed by atoms with van der Waals surface area (Å²) in [5.41, 5.74) is 0. The molecule has 5 heteroatoms. The van der Waals surface area contributed by atoms with Gasteiger partial charge in [-0.2, -0.15) is 25.3 Å². The number of amides is 1. The molecule has 0 unspecified atom stereocenters. The first-order valence-electron chi connectivity index (χ1n) is 5.26. The van der Waals surface area contributed by atoms with E-state index in [-0.39, 0.29) is 11.8 Å². The van der Waals surface area contributed by atoms with E-state index >= 15 is 0 Å². The second-order valence-electron chi connectivity index (χ2n) is 3.82. The minimum absolute atomic E-state index is 0.0714. The molecule has 0 fully saturated rings. The molecule has 0 rings (SSSR count). The number of carbonyl (C=O) groups excluding carboxylic acids is 1. The molecule has 0 aromatic rings. The van der Waals surface area contributed by atoms with Gasteiger partial charge < -0.3 is 10.2 Å². The standard InChI is InChI=1S/C10H22N2OS2/c1-12(2)6-5-11-10(13)9(3-7-14)4-8-15/h9,14-15H,3-8H2,1-2H3,(H,11,13). The zero-order chi connectivity index (χ0) is 11.7. The van der Waals surface area contributed by atoms with Crippen LogP contribution >= 0.6 is 25.3 Å². The Morgan fingerprint density at radius 3 is 2.20 bits per heavy atom. The fraction of sp³-hybridized carbons (Fsp3) is 0.900. The zero-order valence-electron chi connectivity index (χ0n) is 9.57. The summed E-state index contributed by atoms with van der Waals surface area (Å²) in [6.07, 6.45) is 1.66. The molecule has 0 saturated heterocycles. The molecule has 0 spiro atoms. The molecule has 90 valence electrons. The molecule has 3 nitrogen and oxygen atoms in total. The first-order chi connectivity index (χ1) is 7.11. The van der Waals surface area contributed by atoms with Gasteiger partial charge >= 0.3 is 0 Å². The van der Waals surface area contributed by atoms with E-state index in [1.165, 1.54) is 0 Å². The van der Waals surface area contributed by atoms with Crippen molar-refractivity contribution < 1.29 is 4.79 Å². The van der Waals surface area contributed by atoms with Crippen LogP contribution in [0.1, 0.15) is 12.8 Å². The van der Waals surface area contributed by atoms with Gasteiger partial charge in [-0.15, -0.1) is 0 Å². The van der Waals surface area contributed by atoms with Gasteiger partial charge in [0.15, 0.2) is 0 Å². The van der Waals surface area contributed by atoms with E-state index in [2.05, 4.69) is 30.6 Å². The third-order valence-electron chi connectivity index (χ3n) is 2.18. The highest BCUT2D eigenvalue weighted by Gasteiger charge is 2.15. The van der Waals surface area contributed by atoms with Crippen LogP contribution in [0.4, 0.5) is 0 Å². The minimum atomic E-state index is 0.0714. The molecule has 0 saturated carbocycles. The number of rotatable bonds is 8. The Bertz CT molecular complexity index is 171. The number of nitrogens with zero attached hydrogens (tertiary/aromatic N) is 1. The average molecular weight is 250 g/mol. The second kappa shape index (κ2) is 9.36. The van der Waals surface area contributed by atoms with Gasteiger partial charge in [0.05, 0.1) is 0 Å². The summed E-state index contributed by atoms with van der Waals surface area (Å²) < 4.78 is 0. The van der Waals surface area contributed by atoms with E-state index in [0.29, 0.717) is 6.54 Å². The molecule has 0 aliphatic carbocycles. The second-order valence-corrected chi connectivity index (χ2v) is 4.71. The van der Waals surface area contributed by atoms with Crippen LogP contribution in [0.3, 0.4) is 0 Å². The molecule has 15 heavy (non-hydrogen) atoms. The maximum absolute atomic E-state index is 11.7. The SMILES string of the molecule is CN(C)CCNC(=O)C(CCS)CCS. The van der Waals surface area contributed by atoms with Crippen molar-refractivity contribution in [3.63, 3.8) is 0 Å². The van der Waals surface area contributed by atoms with Crippen LogP contribution in [-0.2, 0) is 4.79 Å². The fourth-order valence-electron chi connectivity index (χ4n) is 1.27. The van der Waals surface area contributed by atoms with Gasteiger partial charge in [0.2, 0.25) is 5.91 Å². The highest BCUT2D eigenvalue weighted by Crippen LogP contribution is 2.10. The lowest BCUT2D eigenvalue weighted by Gasteiger charge is -2.16. The summed E-state index contributed by atoms with van der Waals surface area (Å²) in [4.78, 5) is 13.8. The summed E-state index contributed by atoms with van der Waals surface area (Å²) in [7, 11) is 3.98. The topological polar surface area (TPSA) is 32.3 Å². The molecule has 0 bridgehead atoms. The predicted molar refractivity (Wildman–Crippen MR) is 72.0 cm³/mol. The van der Waals surface area contributed by atoms with E-state index in [9.17, 15) is 4.79 Å². The number of nitrogens with one attached hydrogen (secondary N) is 1. The van der Waals surface area contributed by atoms with Crippen molar-refractivity contribution in [3.05, 3.63) is 0 Å². The molecule has 0 aromatic carbocycles. The van der Waals surface area contributed by atoms with Crippen LogP contribution < -0.4 is 5.32 Å². The van der Waals surface area contributed by atoms with Crippen molar-refractivity contribution in [1.82, 2.24) is 10.2 Å². The van der Waals surface area contributed by atoms with Crippen molar-refractivity contribution in [1.29, 1.82) is 0 Å². The van der Waals surface area contributed by atoms with Crippen LogP contribution in [0, 0.1) is 5.92 Å². The maximum Gasteiger partial charge on any atom is 0.223 e. The van der Waals surface area contributed by atoms with E-state index in [0.717, 1.165) is 30.9 Å². The molecule has 0 radical (unpaired) electrons. The van der Waals surface area contributed by atoms with Gasteiger partial charge in [0.1, 0.15) is 0 Å². The fourth-order valence-corrected chi connectivity index (χ4v) is 1.89. The van der Waals surface area contributed by atoms with E-state index in [4.69, 9.17) is 0 Å². The van der Waals surface area contributed by atoms with Crippen LogP contribution in [-0.4, -0.2) is 49.5 Å². The lowest BCUT2D eigenvalue weighted by molar-refractivity contribution is -0.125. The van der Waals surface area contributed by atoms with Crippen molar-refractivity contribution >= 4 is 31.2 Å². The zero-order valence-corrected chi connectivity index (χ0v) is 11.4. The normalized spacial score (nSPS) is 11.1. The highest BCUT2D eigenvalue weighted by molar-refractivity contribution is 7.80. The first-order valence-corrected chi connectivity index (χ1v) is 6.52. The van der Waals surface area contributed by atoms with Gasteiger partial charge in [-0.3, -0.25) is 4.79 Å². The van der Waals surface area contributed by atoms with Gasteiger partial charge in [0, 0.05) is 19.0 Å². The molecule has 0 atom stereocenters. The molecular weight excluding hydrogens is 228 g/mol. The van der Waals surface area contributed by atoms with Gasteiger partial charge in [-0.05, 0) is 38.4 Å². The molecule has 0 aromatic heterocycles. The summed E-state index contributed by atoms with van der Waals surface area (Å²) in [6, 6.07) is 0. The molecular formula is C10H22N2OS2. The molecule has 0 aliphatic rings. The molecule has 1 N–H and O–H groups in total. The highest BCUT2D eigenvalue weighted by atomic mass is 32.1. The Balaban J connectivity index is 3.80. The van der Waals surface area contributed by atoms with E-state index < -0.39 is 0 Å². The largest absolute Gasteiger partial charge is 0.355 e. The Labute approximate surface area is 104 Å². The molecule has 0 aliphatic heterocycles. The molecule has 1 amide bonds. The van der Waals surface area contributed by atoms with Crippen LogP contribution in [0.15, 0.2) is 0 Å². The summed E-state index contributed by atoms with van der Waals surface area (Å²) in [5.74, 6) is 1.71. The summed E-state index contributed by atoms with van der Waals surface area (Å²) in [6.45, 7) is 1.59. The minimum Gasteiger partial charge on any atom is -0.355 e. The van der Waals surface area contributed by atoms with Crippen LogP contribution in [0.2, 0.25) is 0 Å². The third-order valence-corrected chi connectivity index (χ3v) is 2.70. The number of carbonyl (C=O) groups is 1. The van der Waals surface area contributed by atoms with Gasteiger partial charge in [0.25, 0.3) is 0 Å². The average Bonchev–Trinajstić information content (AvgIpc) is 2.16. The number of hydrogen-bond donors (Lipinski definition) is 3. The van der Waals surface area contributed by atoms with Crippen molar-refractivity contribution in [2.24, 2.45) is 5.92 Å². The van der Waals surface area contributed by atoms with Crippen LogP contribution in [0.25, 0.3) is 0 Å². The van der Waals surface area contributed by atoms with Gasteiger partial charge in [-0.25, -0.2) is 0 Å². The number of likely N-dealkylation sites (N-methyl/N-ethyl adjacent to an activating group) is 1. The van der Waals surface area contributed by atoms with Crippen LogP contribution in [0.5, 0.6) is 0 Å². The predicted octanol–water partition coefficient (Wildman–Crippen LogP) is 0.920. The Kier molecular flexibility index (Phi) is 9.44. The van der Waals surface area contributed by atoms with E-state index in [1.54, 1.807) is 0 Å². The van der Waals surface area contributed by atoms with E-state index in [1.807, 2.05) is 19.0 Å². The third kappa shape index (κ3) is 7.99. The van der Waals surface area contributed by atoms with Crippen molar-refractivity contribution in [2.75, 3.05) is 38.7 Å². The summed E-state index contributed by atoms with van der Waals surface area (Å²) in [5, 5.41) is 2.94. The Hall–Kier alpha value is 0.130. The quantitative estimate of drug-likeness (QED) is 0.560. The number of thiol groups is 2. The monoisotopic (exact) mass is 250 g/mol. The lowest BCUT2D eigenvalue weighted by atomic mass is 10.0. The Morgan fingerprint density at radius 1 is 1.27 bits per heavy atom. The lowest BCUT2D eigenvalue weighted by Crippen LogP contribution is -2.36. The van der Waals surface area contributed by atoms with Crippen molar-refractivity contribution in [2.45, 2.75) is 12.8 Å². The summed E-state index contributed by atoms with van der Waals surface area (Å²) >= 11 is 8.32. The van der Waals surface area contributed by atoms with Crippen molar-refractivity contribution in [3.8, 4) is 0 Å². The first kappa shape index (κ1) is 15.1. The van der Waals surface area contributed by atoms with Gasteiger partial charge in [-0.1, -0.05) is 0 Å². The molecule has 0 heterocycles. The Morgan fingerprint density at radius 2 is 1.80 bits per heavy atom. The smallest absolute Gasteiger partial charge is 0.223 e.